The third kappa shape index (κ3) is 2.48. The molecule has 0 spiro atoms. The molecule has 94 valence electrons. The first-order chi connectivity index (χ1) is 9.34. The first-order valence-electron chi connectivity index (χ1n) is 5.88. The minimum Gasteiger partial charge on any atom is -0.367 e. The molecule has 0 bridgehead atoms. The van der Waals surface area contributed by atoms with Gasteiger partial charge >= 0.3 is 0 Å². The molecule has 3 aromatic rings. The van der Waals surface area contributed by atoms with Crippen LogP contribution in [0.25, 0.3) is 11.3 Å². The van der Waals surface area contributed by atoms with Gasteiger partial charge in [0.25, 0.3) is 0 Å². The highest BCUT2D eigenvalue weighted by molar-refractivity contribution is 7.99. The smallest absolute Gasteiger partial charge is 0.236 e. The highest BCUT2D eigenvalue weighted by atomic mass is 32.2. The van der Waals surface area contributed by atoms with Crippen LogP contribution >= 0.6 is 11.8 Å². The van der Waals surface area contributed by atoms with E-state index in [-0.39, 0.29) is 0 Å². The molecule has 0 radical (unpaired) electrons. The number of aromatic nitrogens is 1. The summed E-state index contributed by atoms with van der Waals surface area (Å²) in [7, 11) is 0. The van der Waals surface area contributed by atoms with Crippen LogP contribution in [0.5, 0.6) is 0 Å². The molecule has 3 rings (SSSR count). The van der Waals surface area contributed by atoms with Crippen molar-refractivity contribution in [1.29, 1.82) is 0 Å². The lowest BCUT2D eigenvalue weighted by atomic mass is 10.1. The fourth-order valence-electron chi connectivity index (χ4n) is 1.78. The zero-order chi connectivity index (χ0) is 13.1. The van der Waals surface area contributed by atoms with E-state index in [1.165, 1.54) is 0 Å². The molecule has 1 aromatic heterocycles. The molecule has 0 fully saturated rings. The summed E-state index contributed by atoms with van der Waals surface area (Å²) in [5.74, 6) is 0.354. The van der Waals surface area contributed by atoms with E-state index in [1.807, 2.05) is 60.7 Å². The Hall–Kier alpha value is -2.20. The van der Waals surface area contributed by atoms with Crippen molar-refractivity contribution in [2.75, 3.05) is 5.73 Å². The summed E-state index contributed by atoms with van der Waals surface area (Å²) in [6, 6.07) is 19.9. The van der Waals surface area contributed by atoms with Crippen molar-refractivity contribution in [2.45, 2.75) is 9.79 Å². The third-order valence-electron chi connectivity index (χ3n) is 2.68. The quantitative estimate of drug-likeness (QED) is 0.777. The number of hydrogen-bond donors (Lipinski definition) is 1. The molecule has 0 amide bonds. The van der Waals surface area contributed by atoms with Gasteiger partial charge in [-0.25, -0.2) is 0 Å². The number of hydrogen-bond acceptors (Lipinski definition) is 4. The summed E-state index contributed by atoms with van der Waals surface area (Å²) in [5, 5.41) is 4.06. The summed E-state index contributed by atoms with van der Waals surface area (Å²) in [6.45, 7) is 0. The van der Waals surface area contributed by atoms with Crippen molar-refractivity contribution in [1.82, 2.24) is 5.16 Å². The summed E-state index contributed by atoms with van der Waals surface area (Å²) in [6.07, 6.45) is 0. The van der Waals surface area contributed by atoms with Gasteiger partial charge in [0, 0.05) is 10.5 Å². The maximum atomic E-state index is 5.88. The molecule has 4 heteroatoms. The topological polar surface area (TPSA) is 52.0 Å². The predicted molar refractivity (Wildman–Crippen MR) is 76.9 cm³/mol. The molecule has 0 unspecified atom stereocenters. The maximum Gasteiger partial charge on any atom is 0.236 e. The molecule has 1 heterocycles. The Morgan fingerprint density at radius 2 is 1.53 bits per heavy atom. The van der Waals surface area contributed by atoms with Crippen LogP contribution < -0.4 is 5.73 Å². The second kappa shape index (κ2) is 5.20. The fraction of sp³-hybridized carbons (Fsp3) is 0. The molecule has 0 saturated carbocycles. The molecule has 2 N–H and O–H groups in total. The Bertz CT molecular complexity index is 665. The van der Waals surface area contributed by atoms with E-state index in [2.05, 4.69) is 5.16 Å². The van der Waals surface area contributed by atoms with Crippen LogP contribution in [0.1, 0.15) is 0 Å². The van der Waals surface area contributed by atoms with E-state index in [4.69, 9.17) is 10.3 Å². The first-order valence-corrected chi connectivity index (χ1v) is 6.70. The molecule has 3 nitrogen and oxygen atoms in total. The highest BCUT2D eigenvalue weighted by Crippen LogP contribution is 2.39. The molecule has 0 atom stereocenters. The van der Waals surface area contributed by atoms with E-state index in [1.54, 1.807) is 11.8 Å². The van der Waals surface area contributed by atoms with Gasteiger partial charge in [0.1, 0.15) is 10.6 Å². The Morgan fingerprint density at radius 3 is 2.21 bits per heavy atom. The number of benzene rings is 2. The maximum absolute atomic E-state index is 5.88. The van der Waals surface area contributed by atoms with Gasteiger partial charge in [0.2, 0.25) is 5.88 Å². The SMILES string of the molecule is Nc1onc(-c2ccccc2)c1Sc1ccccc1. The Labute approximate surface area is 115 Å². The molecule has 0 aliphatic rings. The van der Waals surface area contributed by atoms with Crippen molar-refractivity contribution >= 4 is 17.6 Å². The summed E-state index contributed by atoms with van der Waals surface area (Å²) >= 11 is 1.56. The molecule has 19 heavy (non-hydrogen) atoms. The predicted octanol–water partition coefficient (Wildman–Crippen LogP) is 4.08. The second-order valence-electron chi connectivity index (χ2n) is 4.01. The monoisotopic (exact) mass is 268 g/mol. The van der Waals surface area contributed by atoms with E-state index < -0.39 is 0 Å². The van der Waals surface area contributed by atoms with Crippen molar-refractivity contribution in [3.8, 4) is 11.3 Å². The third-order valence-corrected chi connectivity index (χ3v) is 3.79. The molecule has 0 aliphatic heterocycles. The van der Waals surface area contributed by atoms with Crippen LogP contribution in [0.15, 0.2) is 75.0 Å². The largest absolute Gasteiger partial charge is 0.367 e. The number of nitrogen functional groups attached to an aromatic ring is 1. The summed E-state index contributed by atoms with van der Waals surface area (Å²) < 4.78 is 5.13. The fourth-order valence-corrected chi connectivity index (χ4v) is 2.70. The highest BCUT2D eigenvalue weighted by Gasteiger charge is 2.16. The van der Waals surface area contributed by atoms with Gasteiger partial charge in [-0.15, -0.1) is 0 Å². The van der Waals surface area contributed by atoms with Gasteiger partial charge < -0.3 is 10.3 Å². The van der Waals surface area contributed by atoms with Crippen LogP contribution in [0.4, 0.5) is 5.88 Å². The zero-order valence-electron chi connectivity index (χ0n) is 10.1. The number of rotatable bonds is 3. The van der Waals surface area contributed by atoms with Gasteiger partial charge in [-0.1, -0.05) is 65.4 Å². The van der Waals surface area contributed by atoms with Gasteiger partial charge in [0.15, 0.2) is 0 Å². The van der Waals surface area contributed by atoms with Crippen LogP contribution in [-0.2, 0) is 0 Å². The normalized spacial score (nSPS) is 10.5. The van der Waals surface area contributed by atoms with Crippen molar-refractivity contribution < 1.29 is 4.52 Å². The molecule has 2 aromatic carbocycles. The van der Waals surface area contributed by atoms with Crippen LogP contribution in [-0.4, -0.2) is 5.16 Å². The van der Waals surface area contributed by atoms with Crippen molar-refractivity contribution in [3.05, 3.63) is 60.7 Å². The molecule has 0 aliphatic carbocycles. The van der Waals surface area contributed by atoms with E-state index in [9.17, 15) is 0 Å². The average molecular weight is 268 g/mol. The molecular weight excluding hydrogens is 256 g/mol. The summed E-state index contributed by atoms with van der Waals surface area (Å²) in [4.78, 5) is 1.96. The van der Waals surface area contributed by atoms with Gasteiger partial charge in [-0.2, -0.15) is 0 Å². The first kappa shape index (κ1) is 11.9. The van der Waals surface area contributed by atoms with Crippen molar-refractivity contribution in [3.63, 3.8) is 0 Å². The average Bonchev–Trinajstić information content (AvgIpc) is 2.82. The Balaban J connectivity index is 2.00. The molecular formula is C15H12N2OS. The number of nitrogens with two attached hydrogens (primary N) is 1. The van der Waals surface area contributed by atoms with E-state index >= 15 is 0 Å². The van der Waals surface area contributed by atoms with Crippen LogP contribution in [0.3, 0.4) is 0 Å². The van der Waals surface area contributed by atoms with Crippen molar-refractivity contribution in [2.24, 2.45) is 0 Å². The Morgan fingerprint density at radius 1 is 0.895 bits per heavy atom. The lowest BCUT2D eigenvalue weighted by Crippen LogP contribution is -1.85. The van der Waals surface area contributed by atoms with Gasteiger partial charge in [-0.3, -0.25) is 0 Å². The lowest BCUT2D eigenvalue weighted by molar-refractivity contribution is 0.438. The number of anilines is 1. The minimum absolute atomic E-state index is 0.354. The standard InChI is InChI=1S/C15H12N2OS/c16-15-14(19-12-9-5-2-6-10-12)13(17-18-15)11-7-3-1-4-8-11/h1-10H,16H2. The van der Waals surface area contributed by atoms with E-state index in [0.717, 1.165) is 21.0 Å². The van der Waals surface area contributed by atoms with Gasteiger partial charge in [-0.05, 0) is 12.1 Å². The Kier molecular flexibility index (Phi) is 3.25. The lowest BCUT2D eigenvalue weighted by Gasteiger charge is -2.02. The molecule has 0 saturated heterocycles. The van der Waals surface area contributed by atoms with Crippen LogP contribution in [0, 0.1) is 0 Å². The minimum atomic E-state index is 0.354. The van der Waals surface area contributed by atoms with Crippen LogP contribution in [0.2, 0.25) is 0 Å². The number of nitrogens with zero attached hydrogens (tertiary/aromatic N) is 1. The zero-order valence-corrected chi connectivity index (χ0v) is 10.9. The van der Waals surface area contributed by atoms with Gasteiger partial charge in [0.05, 0.1) is 0 Å². The second-order valence-corrected chi connectivity index (χ2v) is 5.09. The summed E-state index contributed by atoms with van der Waals surface area (Å²) in [5.41, 5.74) is 7.66. The van der Waals surface area contributed by atoms with E-state index in [0.29, 0.717) is 5.88 Å².